The molecule has 2 aromatic heterocycles. The monoisotopic (exact) mass is 384 g/mol. The van der Waals surface area contributed by atoms with Crippen molar-refractivity contribution in [2.45, 2.75) is 45.1 Å². The van der Waals surface area contributed by atoms with Crippen molar-refractivity contribution in [2.75, 3.05) is 0 Å². The minimum absolute atomic E-state index is 0.0609. The van der Waals surface area contributed by atoms with Crippen molar-refractivity contribution in [3.63, 3.8) is 0 Å². The molecule has 0 unspecified atom stereocenters. The van der Waals surface area contributed by atoms with Crippen LogP contribution in [0.5, 0.6) is 0 Å². The highest BCUT2D eigenvalue weighted by Crippen LogP contribution is 2.38. The van der Waals surface area contributed by atoms with E-state index in [1.807, 2.05) is 35.4 Å². The number of aliphatic imine (C=N–C) groups is 1. The fourth-order valence-electron chi connectivity index (χ4n) is 3.31. The second-order valence-corrected chi connectivity index (χ2v) is 8.37. The number of carbonyl (C=O) groups excluding carboxylic acids is 1. The van der Waals surface area contributed by atoms with Gasteiger partial charge in [-0.3, -0.25) is 14.7 Å². The van der Waals surface area contributed by atoms with E-state index >= 15 is 0 Å². The number of carbonyl (C=O) groups is 1. The minimum atomic E-state index is 0.0609. The summed E-state index contributed by atoms with van der Waals surface area (Å²) in [6.07, 6.45) is 11.1. The van der Waals surface area contributed by atoms with E-state index in [1.165, 1.54) is 42.4 Å². The molecule has 4 rings (SSSR count). The van der Waals surface area contributed by atoms with Crippen LogP contribution < -0.4 is 0 Å². The molecule has 2 fully saturated rings. The van der Waals surface area contributed by atoms with E-state index < -0.39 is 0 Å². The summed E-state index contributed by atoms with van der Waals surface area (Å²) in [7, 11) is 0. The number of amides is 1. The quantitative estimate of drug-likeness (QED) is 0.714. The van der Waals surface area contributed by atoms with E-state index in [-0.39, 0.29) is 11.9 Å². The van der Waals surface area contributed by atoms with E-state index in [1.54, 1.807) is 12.4 Å². The molecule has 1 aliphatic heterocycles. The summed E-state index contributed by atoms with van der Waals surface area (Å²) in [5, 5.41) is 3.46. The third-order valence-electron chi connectivity index (χ3n) is 4.58. The average Bonchev–Trinajstić information content (AvgIpc) is 3.20. The molecule has 2 aliphatic rings. The Labute approximate surface area is 161 Å². The van der Waals surface area contributed by atoms with Crippen LogP contribution in [0.4, 0.5) is 5.13 Å². The molecule has 2 aromatic rings. The summed E-state index contributed by atoms with van der Waals surface area (Å²) in [6, 6.07) is 4.06. The summed E-state index contributed by atoms with van der Waals surface area (Å²) in [6.45, 7) is 1.96. The Balaban J connectivity index is 1.69. The first kappa shape index (κ1) is 17.4. The highest BCUT2D eigenvalue weighted by atomic mass is 32.2. The van der Waals surface area contributed by atoms with Crippen LogP contribution in [0.25, 0.3) is 6.08 Å². The Hall–Kier alpha value is -1.99. The van der Waals surface area contributed by atoms with E-state index in [2.05, 4.69) is 9.97 Å². The maximum absolute atomic E-state index is 13.1. The first-order chi connectivity index (χ1) is 12.7. The largest absolute Gasteiger partial charge is 0.283 e. The zero-order chi connectivity index (χ0) is 17.9. The molecule has 0 aromatic carbocycles. The standard InChI is InChI=1S/C19H20N4OS2/c1-13-12-25-18(21-13)22-19-23(15-5-3-2-4-6-15)17(24)16(26-19)11-14-7-9-20-10-8-14/h7-12,15H,2-6H2,1H3/b16-11-,22-19+. The topological polar surface area (TPSA) is 58.5 Å². The SMILES string of the molecule is Cc1csc(/N=C2/S/C(=C\c3ccncc3)C(=O)N2C2CCCCC2)n1. The van der Waals surface area contributed by atoms with Gasteiger partial charge in [0.15, 0.2) is 5.17 Å². The first-order valence-electron chi connectivity index (χ1n) is 8.84. The van der Waals surface area contributed by atoms with E-state index in [9.17, 15) is 4.79 Å². The fraction of sp³-hybridized carbons (Fsp3) is 0.368. The third kappa shape index (κ3) is 3.73. The Morgan fingerprint density at radius 2 is 2.00 bits per heavy atom. The van der Waals surface area contributed by atoms with Crippen LogP contribution in [-0.2, 0) is 4.79 Å². The van der Waals surface area contributed by atoms with Crippen molar-refractivity contribution >= 4 is 45.4 Å². The lowest BCUT2D eigenvalue weighted by Crippen LogP contribution is -2.40. The zero-order valence-corrected chi connectivity index (χ0v) is 16.2. The predicted molar refractivity (Wildman–Crippen MR) is 107 cm³/mol. The number of rotatable bonds is 3. The number of hydrogen-bond donors (Lipinski definition) is 0. The van der Waals surface area contributed by atoms with Gasteiger partial charge in [0.2, 0.25) is 5.13 Å². The van der Waals surface area contributed by atoms with Gasteiger partial charge in [-0.15, -0.1) is 11.3 Å². The van der Waals surface area contributed by atoms with Gasteiger partial charge in [-0.2, -0.15) is 4.99 Å². The van der Waals surface area contributed by atoms with Crippen LogP contribution in [0.1, 0.15) is 43.4 Å². The van der Waals surface area contributed by atoms with Crippen molar-refractivity contribution in [3.05, 3.63) is 46.1 Å². The number of aryl methyl sites for hydroxylation is 1. The van der Waals surface area contributed by atoms with E-state index in [0.717, 1.165) is 29.3 Å². The van der Waals surface area contributed by atoms with Gasteiger partial charge in [-0.05, 0) is 55.3 Å². The van der Waals surface area contributed by atoms with Crippen molar-refractivity contribution in [1.29, 1.82) is 0 Å². The maximum Gasteiger partial charge on any atom is 0.267 e. The van der Waals surface area contributed by atoms with E-state index in [4.69, 9.17) is 4.99 Å². The van der Waals surface area contributed by atoms with Crippen molar-refractivity contribution in [2.24, 2.45) is 4.99 Å². The van der Waals surface area contributed by atoms with Gasteiger partial charge in [-0.25, -0.2) is 4.98 Å². The predicted octanol–water partition coefficient (Wildman–Crippen LogP) is 4.78. The Kier molecular flexibility index (Phi) is 5.17. The summed E-state index contributed by atoms with van der Waals surface area (Å²) in [5.74, 6) is 0.0609. The molecule has 0 atom stereocenters. The zero-order valence-electron chi connectivity index (χ0n) is 14.6. The lowest BCUT2D eigenvalue weighted by Gasteiger charge is -2.30. The maximum atomic E-state index is 13.1. The Bertz CT molecular complexity index is 853. The van der Waals surface area contributed by atoms with Crippen LogP contribution in [0.15, 0.2) is 39.8 Å². The first-order valence-corrected chi connectivity index (χ1v) is 10.5. The third-order valence-corrected chi connectivity index (χ3v) is 6.41. The summed E-state index contributed by atoms with van der Waals surface area (Å²) in [5.41, 5.74) is 1.94. The molecule has 26 heavy (non-hydrogen) atoms. The number of aromatic nitrogens is 2. The molecule has 134 valence electrons. The Morgan fingerprint density at radius 1 is 1.23 bits per heavy atom. The van der Waals surface area contributed by atoms with Crippen molar-refractivity contribution < 1.29 is 4.79 Å². The molecule has 1 aliphatic carbocycles. The molecule has 0 bridgehead atoms. The molecule has 1 amide bonds. The molecule has 0 radical (unpaired) electrons. The number of nitrogens with zero attached hydrogens (tertiary/aromatic N) is 4. The fourth-order valence-corrected chi connectivity index (χ4v) is 5.07. The minimum Gasteiger partial charge on any atom is -0.283 e. The number of thioether (sulfide) groups is 1. The molecule has 7 heteroatoms. The molecule has 0 spiro atoms. The number of amidine groups is 1. The smallest absolute Gasteiger partial charge is 0.267 e. The van der Waals surface area contributed by atoms with Crippen LogP contribution in [0, 0.1) is 6.92 Å². The van der Waals surface area contributed by atoms with Gasteiger partial charge in [0.1, 0.15) is 0 Å². The van der Waals surface area contributed by atoms with Gasteiger partial charge in [0.05, 0.1) is 10.6 Å². The van der Waals surface area contributed by atoms with Gasteiger partial charge in [0, 0.05) is 23.8 Å². The van der Waals surface area contributed by atoms with Gasteiger partial charge >= 0.3 is 0 Å². The van der Waals surface area contributed by atoms with Crippen molar-refractivity contribution in [1.82, 2.24) is 14.9 Å². The number of pyridine rings is 1. The second-order valence-electron chi connectivity index (χ2n) is 6.52. The lowest BCUT2D eigenvalue weighted by molar-refractivity contribution is -0.124. The number of thiazole rings is 1. The average molecular weight is 385 g/mol. The van der Waals surface area contributed by atoms with Crippen LogP contribution in [0.3, 0.4) is 0 Å². The highest BCUT2D eigenvalue weighted by Gasteiger charge is 2.38. The molecule has 1 saturated heterocycles. The van der Waals surface area contributed by atoms with Crippen LogP contribution in [0.2, 0.25) is 0 Å². The molecule has 3 heterocycles. The lowest BCUT2D eigenvalue weighted by atomic mass is 9.94. The molecular formula is C19H20N4OS2. The summed E-state index contributed by atoms with van der Waals surface area (Å²) < 4.78 is 0. The van der Waals surface area contributed by atoms with Gasteiger partial charge in [-0.1, -0.05) is 19.3 Å². The molecule has 1 saturated carbocycles. The molecule has 0 N–H and O–H groups in total. The summed E-state index contributed by atoms with van der Waals surface area (Å²) in [4.78, 5) is 29.0. The van der Waals surface area contributed by atoms with Crippen LogP contribution >= 0.6 is 23.1 Å². The molecule has 5 nitrogen and oxygen atoms in total. The highest BCUT2D eigenvalue weighted by molar-refractivity contribution is 8.18. The van der Waals surface area contributed by atoms with E-state index in [0.29, 0.717) is 10.0 Å². The van der Waals surface area contributed by atoms with Gasteiger partial charge in [0.25, 0.3) is 5.91 Å². The number of hydrogen-bond acceptors (Lipinski definition) is 6. The van der Waals surface area contributed by atoms with Gasteiger partial charge < -0.3 is 0 Å². The summed E-state index contributed by atoms with van der Waals surface area (Å²) >= 11 is 2.97. The normalized spacial score (nSPS) is 21.9. The molecular weight excluding hydrogens is 364 g/mol. The van der Waals surface area contributed by atoms with Crippen LogP contribution in [-0.4, -0.2) is 32.0 Å². The van der Waals surface area contributed by atoms with Crippen molar-refractivity contribution in [3.8, 4) is 0 Å². The Morgan fingerprint density at radius 3 is 2.69 bits per heavy atom. The second kappa shape index (κ2) is 7.72.